The number of rotatable bonds is 13. The molecule has 142 valence electrons. The summed E-state index contributed by atoms with van der Waals surface area (Å²) >= 11 is 0. The zero-order chi connectivity index (χ0) is 18.4. The molecule has 0 aliphatic carbocycles. The van der Waals surface area contributed by atoms with Crippen LogP contribution in [-0.4, -0.2) is 44.6 Å². The van der Waals surface area contributed by atoms with Crippen LogP contribution >= 0.6 is 0 Å². The lowest BCUT2D eigenvalue weighted by atomic mass is 10.2. The van der Waals surface area contributed by atoms with E-state index in [9.17, 15) is 4.79 Å². The van der Waals surface area contributed by atoms with Crippen molar-refractivity contribution in [2.24, 2.45) is 0 Å². The first-order valence-corrected chi connectivity index (χ1v) is 8.96. The van der Waals surface area contributed by atoms with Gasteiger partial charge in [0, 0.05) is 13.2 Å². The first kappa shape index (κ1) is 21.6. The zero-order valence-corrected chi connectivity index (χ0v) is 15.8. The average Bonchev–Trinajstić information content (AvgIpc) is 2.55. The van der Waals surface area contributed by atoms with Crippen LogP contribution in [0.3, 0.4) is 0 Å². The number of hydrogen-bond acceptors (Lipinski definition) is 5. The van der Waals surface area contributed by atoms with Crippen molar-refractivity contribution in [2.75, 3.05) is 33.0 Å². The molecule has 0 bridgehead atoms. The van der Waals surface area contributed by atoms with E-state index in [1.807, 2.05) is 51.1 Å². The number of unbranched alkanes of at least 4 members (excludes halogenated alkanes) is 2. The quantitative estimate of drug-likeness (QED) is 0.400. The monoisotopic (exact) mass is 352 g/mol. The van der Waals surface area contributed by atoms with Crippen molar-refractivity contribution < 1.29 is 23.7 Å². The minimum Gasteiger partial charge on any atom is -0.458 e. The lowest BCUT2D eigenvalue weighted by Gasteiger charge is -2.19. The Balaban J connectivity index is 1.81. The fourth-order valence-corrected chi connectivity index (χ4v) is 2.10. The maximum atomic E-state index is 11.4. The Labute approximate surface area is 151 Å². The van der Waals surface area contributed by atoms with Crippen LogP contribution in [0.4, 0.5) is 0 Å². The predicted octanol–water partition coefficient (Wildman–Crippen LogP) is 3.75. The van der Waals surface area contributed by atoms with Gasteiger partial charge >= 0.3 is 5.97 Å². The van der Waals surface area contributed by atoms with Crippen LogP contribution in [0, 0.1) is 0 Å². The van der Waals surface area contributed by atoms with Crippen LogP contribution in [0.25, 0.3) is 0 Å². The van der Waals surface area contributed by atoms with Gasteiger partial charge in [-0.2, -0.15) is 0 Å². The third-order valence-electron chi connectivity index (χ3n) is 3.20. The van der Waals surface area contributed by atoms with Crippen molar-refractivity contribution in [3.63, 3.8) is 0 Å². The Morgan fingerprint density at radius 3 is 2.16 bits per heavy atom. The molecule has 0 aromatic heterocycles. The summed E-state index contributed by atoms with van der Waals surface area (Å²) in [4.78, 5) is 11.4. The predicted molar refractivity (Wildman–Crippen MR) is 97.4 cm³/mol. The van der Waals surface area contributed by atoms with Gasteiger partial charge in [-0.15, -0.1) is 0 Å². The van der Waals surface area contributed by atoms with E-state index in [1.54, 1.807) is 0 Å². The van der Waals surface area contributed by atoms with Gasteiger partial charge in [0.05, 0.1) is 19.8 Å². The third-order valence-corrected chi connectivity index (χ3v) is 3.20. The van der Waals surface area contributed by atoms with Crippen LogP contribution in [0.5, 0.6) is 0 Å². The van der Waals surface area contributed by atoms with Crippen LogP contribution in [0.15, 0.2) is 30.3 Å². The minimum absolute atomic E-state index is 0.0204. The fourth-order valence-electron chi connectivity index (χ4n) is 2.10. The third kappa shape index (κ3) is 13.5. The van der Waals surface area contributed by atoms with E-state index in [-0.39, 0.29) is 12.6 Å². The normalized spacial score (nSPS) is 11.5. The molecule has 0 unspecified atom stereocenters. The molecule has 0 spiro atoms. The average molecular weight is 352 g/mol. The summed E-state index contributed by atoms with van der Waals surface area (Å²) in [5, 5.41) is 0. The molecule has 0 atom stereocenters. The molecular formula is C20H32O5. The smallest absolute Gasteiger partial charge is 0.332 e. The highest BCUT2D eigenvalue weighted by molar-refractivity contribution is 5.71. The Hall–Kier alpha value is -1.43. The number of benzene rings is 1. The van der Waals surface area contributed by atoms with Crippen molar-refractivity contribution in [1.29, 1.82) is 0 Å². The van der Waals surface area contributed by atoms with Crippen molar-refractivity contribution >= 4 is 5.97 Å². The summed E-state index contributed by atoms with van der Waals surface area (Å²) in [6.07, 6.45) is 2.91. The lowest BCUT2D eigenvalue weighted by molar-refractivity contribution is -0.160. The molecule has 0 aliphatic rings. The largest absolute Gasteiger partial charge is 0.458 e. The van der Waals surface area contributed by atoms with E-state index >= 15 is 0 Å². The van der Waals surface area contributed by atoms with E-state index in [4.69, 9.17) is 18.9 Å². The van der Waals surface area contributed by atoms with Gasteiger partial charge in [-0.3, -0.25) is 0 Å². The summed E-state index contributed by atoms with van der Waals surface area (Å²) < 4.78 is 21.5. The summed E-state index contributed by atoms with van der Waals surface area (Å²) in [6, 6.07) is 10.1. The molecule has 1 aromatic carbocycles. The van der Waals surface area contributed by atoms with Crippen LogP contribution in [0.1, 0.15) is 45.6 Å². The van der Waals surface area contributed by atoms with Gasteiger partial charge in [0.2, 0.25) is 0 Å². The van der Waals surface area contributed by atoms with Gasteiger partial charge in [-0.1, -0.05) is 30.3 Å². The van der Waals surface area contributed by atoms with Gasteiger partial charge in [0.1, 0.15) is 12.2 Å². The molecule has 0 heterocycles. The second-order valence-electron chi connectivity index (χ2n) is 6.85. The van der Waals surface area contributed by atoms with E-state index in [0.29, 0.717) is 26.4 Å². The molecule has 1 rings (SSSR count). The molecule has 0 amide bonds. The first-order valence-electron chi connectivity index (χ1n) is 8.96. The Morgan fingerprint density at radius 2 is 1.48 bits per heavy atom. The summed E-state index contributed by atoms with van der Waals surface area (Å²) in [6.45, 7) is 8.69. The maximum Gasteiger partial charge on any atom is 0.332 e. The molecular weight excluding hydrogens is 320 g/mol. The first-order chi connectivity index (χ1) is 12.0. The maximum absolute atomic E-state index is 11.4. The number of carbonyl (C=O) groups is 1. The van der Waals surface area contributed by atoms with Gasteiger partial charge in [-0.05, 0) is 45.6 Å². The molecule has 0 N–H and O–H groups in total. The van der Waals surface area contributed by atoms with Gasteiger partial charge in [-0.25, -0.2) is 4.79 Å². The van der Waals surface area contributed by atoms with Crippen molar-refractivity contribution in [3.8, 4) is 0 Å². The Kier molecular flexibility index (Phi) is 11.1. The van der Waals surface area contributed by atoms with E-state index < -0.39 is 5.60 Å². The van der Waals surface area contributed by atoms with Gasteiger partial charge in [0.25, 0.3) is 0 Å². The second-order valence-corrected chi connectivity index (χ2v) is 6.85. The van der Waals surface area contributed by atoms with Gasteiger partial charge in [0.15, 0.2) is 0 Å². The van der Waals surface area contributed by atoms with Crippen LogP contribution in [0.2, 0.25) is 0 Å². The molecule has 0 aliphatic heterocycles. The molecule has 5 nitrogen and oxygen atoms in total. The van der Waals surface area contributed by atoms with Gasteiger partial charge < -0.3 is 18.9 Å². The van der Waals surface area contributed by atoms with Crippen LogP contribution in [-0.2, 0) is 30.3 Å². The van der Waals surface area contributed by atoms with E-state index in [1.165, 1.54) is 5.56 Å². The number of esters is 1. The number of ether oxygens (including phenoxy) is 4. The molecule has 0 fully saturated rings. The number of hydrogen-bond donors (Lipinski definition) is 0. The standard InChI is InChI=1S/C20H32O5/c1-20(2,3)25-19(21)17-23-13-9-5-8-12-22-14-15-24-16-18-10-6-4-7-11-18/h4,6-7,10-11H,5,8-9,12-17H2,1-3H3. The minimum atomic E-state index is -0.456. The summed E-state index contributed by atoms with van der Waals surface area (Å²) in [5.74, 6) is -0.314. The van der Waals surface area contributed by atoms with Crippen LogP contribution < -0.4 is 0 Å². The van der Waals surface area contributed by atoms with Crippen molar-refractivity contribution in [3.05, 3.63) is 35.9 Å². The molecule has 1 aromatic rings. The summed E-state index contributed by atoms with van der Waals surface area (Å²) in [7, 11) is 0. The van der Waals surface area contributed by atoms with E-state index in [2.05, 4.69) is 0 Å². The SMILES string of the molecule is CC(C)(C)OC(=O)COCCCCCOCCOCc1ccccc1. The Bertz CT molecular complexity index is 453. The fraction of sp³-hybridized carbons (Fsp3) is 0.650. The molecule has 0 saturated heterocycles. The summed E-state index contributed by atoms with van der Waals surface area (Å²) in [5.41, 5.74) is 0.719. The highest BCUT2D eigenvalue weighted by atomic mass is 16.6. The topological polar surface area (TPSA) is 54.0 Å². The Morgan fingerprint density at radius 1 is 0.840 bits per heavy atom. The lowest BCUT2D eigenvalue weighted by Crippen LogP contribution is -2.26. The molecule has 0 saturated carbocycles. The highest BCUT2D eigenvalue weighted by Crippen LogP contribution is 2.07. The van der Waals surface area contributed by atoms with Crippen molar-refractivity contribution in [2.45, 2.75) is 52.2 Å². The molecule has 0 radical (unpaired) electrons. The highest BCUT2D eigenvalue weighted by Gasteiger charge is 2.15. The second kappa shape index (κ2) is 12.9. The molecule has 5 heteroatoms. The van der Waals surface area contributed by atoms with E-state index in [0.717, 1.165) is 25.9 Å². The number of carbonyl (C=O) groups excluding carboxylic acids is 1. The zero-order valence-electron chi connectivity index (χ0n) is 15.8. The van der Waals surface area contributed by atoms with Crippen molar-refractivity contribution in [1.82, 2.24) is 0 Å². The molecule has 25 heavy (non-hydrogen) atoms.